The number of hydrogen-bond donors (Lipinski definition) is 3. The van der Waals surface area contributed by atoms with Crippen LogP contribution in [0.1, 0.15) is 45.4 Å². The lowest BCUT2D eigenvalue weighted by Crippen LogP contribution is -2.40. The molecule has 1 atom stereocenters. The lowest BCUT2D eigenvalue weighted by Gasteiger charge is -2.20. The predicted molar refractivity (Wildman–Crippen MR) is 97.4 cm³/mol. The molecule has 0 aromatic carbocycles. The SMILES string of the molecule is CCCCC[C@H](CN(O)C=O)C(=O)NNc1cc(N2CCCC2)ncn1. The Morgan fingerprint density at radius 3 is 2.85 bits per heavy atom. The number of carbonyl (C=O) groups excluding carboxylic acids is 2. The molecule has 2 amide bonds. The van der Waals surface area contributed by atoms with Crippen molar-refractivity contribution in [3.63, 3.8) is 0 Å². The van der Waals surface area contributed by atoms with Gasteiger partial charge in [-0.05, 0) is 19.3 Å². The van der Waals surface area contributed by atoms with E-state index in [0.29, 0.717) is 23.7 Å². The van der Waals surface area contributed by atoms with Crippen molar-refractivity contribution in [1.29, 1.82) is 0 Å². The van der Waals surface area contributed by atoms with Crippen molar-refractivity contribution in [3.8, 4) is 0 Å². The number of amides is 2. The number of hydrogen-bond acceptors (Lipinski definition) is 7. The molecule has 1 fully saturated rings. The number of unbranched alkanes of at least 4 members (excludes halogenated alkanes) is 2. The summed E-state index contributed by atoms with van der Waals surface area (Å²) in [5, 5.41) is 9.92. The molecule has 0 aliphatic carbocycles. The summed E-state index contributed by atoms with van der Waals surface area (Å²) < 4.78 is 0. The summed E-state index contributed by atoms with van der Waals surface area (Å²) in [4.78, 5) is 33.6. The van der Waals surface area contributed by atoms with E-state index in [1.54, 1.807) is 6.07 Å². The second-order valence-electron chi connectivity index (χ2n) is 6.49. The Morgan fingerprint density at radius 2 is 2.15 bits per heavy atom. The van der Waals surface area contributed by atoms with Gasteiger partial charge in [-0.25, -0.2) is 15.0 Å². The van der Waals surface area contributed by atoms with Crippen molar-refractivity contribution < 1.29 is 14.8 Å². The van der Waals surface area contributed by atoms with Crippen molar-refractivity contribution in [3.05, 3.63) is 12.4 Å². The summed E-state index contributed by atoms with van der Waals surface area (Å²) in [6.07, 6.45) is 7.54. The van der Waals surface area contributed by atoms with Gasteiger partial charge in [0.2, 0.25) is 12.3 Å². The molecule has 0 saturated carbocycles. The van der Waals surface area contributed by atoms with Gasteiger partial charge in [0.05, 0.1) is 12.5 Å². The summed E-state index contributed by atoms with van der Waals surface area (Å²) in [7, 11) is 0. The molecule has 9 heteroatoms. The van der Waals surface area contributed by atoms with Crippen LogP contribution in [0.5, 0.6) is 0 Å². The number of carbonyl (C=O) groups is 2. The van der Waals surface area contributed by atoms with Crippen molar-refractivity contribution >= 4 is 24.0 Å². The Balaban J connectivity index is 1.90. The van der Waals surface area contributed by atoms with Gasteiger partial charge in [-0.1, -0.05) is 26.2 Å². The van der Waals surface area contributed by atoms with Gasteiger partial charge < -0.3 is 4.90 Å². The molecule has 2 rings (SSSR count). The summed E-state index contributed by atoms with van der Waals surface area (Å²) in [5.41, 5.74) is 5.43. The molecule has 0 spiro atoms. The van der Waals surface area contributed by atoms with Gasteiger partial charge in [0.1, 0.15) is 18.0 Å². The van der Waals surface area contributed by atoms with Crippen LogP contribution in [0.25, 0.3) is 0 Å². The number of anilines is 2. The first-order valence-corrected chi connectivity index (χ1v) is 9.17. The minimum absolute atomic E-state index is 0.0382. The molecule has 9 nitrogen and oxygen atoms in total. The smallest absolute Gasteiger partial charge is 0.243 e. The maximum absolute atomic E-state index is 12.4. The maximum Gasteiger partial charge on any atom is 0.243 e. The van der Waals surface area contributed by atoms with E-state index in [0.717, 1.165) is 51.0 Å². The van der Waals surface area contributed by atoms with Gasteiger partial charge in [-0.3, -0.25) is 25.6 Å². The fraction of sp³-hybridized carbons (Fsp3) is 0.647. The summed E-state index contributed by atoms with van der Waals surface area (Å²) in [5.74, 6) is 0.544. The lowest BCUT2D eigenvalue weighted by molar-refractivity contribution is -0.154. The highest BCUT2D eigenvalue weighted by atomic mass is 16.5. The summed E-state index contributed by atoms with van der Waals surface area (Å²) >= 11 is 0. The average Bonchev–Trinajstić information content (AvgIpc) is 3.20. The molecule has 1 aliphatic heterocycles. The van der Waals surface area contributed by atoms with Crippen LogP contribution >= 0.6 is 0 Å². The van der Waals surface area contributed by atoms with Crippen LogP contribution in [0.15, 0.2) is 12.4 Å². The summed E-state index contributed by atoms with van der Waals surface area (Å²) in [6, 6.07) is 1.79. The monoisotopic (exact) mass is 364 g/mol. The van der Waals surface area contributed by atoms with Crippen LogP contribution in [0.2, 0.25) is 0 Å². The Hall–Kier alpha value is -2.42. The first-order chi connectivity index (χ1) is 12.6. The van der Waals surface area contributed by atoms with Crippen molar-refractivity contribution in [2.75, 3.05) is 30.0 Å². The first-order valence-electron chi connectivity index (χ1n) is 9.17. The molecule has 1 aromatic rings. The van der Waals surface area contributed by atoms with Gasteiger partial charge in [-0.15, -0.1) is 0 Å². The molecule has 2 heterocycles. The number of rotatable bonds is 11. The standard InChI is InChI=1S/C17H28N6O3/c1-2-3-4-7-14(11-23(26)13-24)17(25)21-20-15-10-16(19-12-18-15)22-8-5-6-9-22/h10,12-14,26H,2-9,11H2,1H3,(H,21,25)(H,18,19,20)/t14-/m1/s1. The van der Waals surface area contributed by atoms with Gasteiger partial charge >= 0.3 is 0 Å². The zero-order valence-corrected chi connectivity index (χ0v) is 15.2. The zero-order chi connectivity index (χ0) is 18.8. The van der Waals surface area contributed by atoms with E-state index < -0.39 is 5.92 Å². The molecular weight excluding hydrogens is 336 g/mol. The molecule has 0 radical (unpaired) electrons. The number of hydrazine groups is 1. The minimum atomic E-state index is -0.496. The third kappa shape index (κ3) is 6.14. The molecule has 1 saturated heterocycles. The predicted octanol–water partition coefficient (Wildman–Crippen LogP) is 1.56. The number of nitrogens with zero attached hydrogens (tertiary/aromatic N) is 4. The molecule has 1 aromatic heterocycles. The van der Waals surface area contributed by atoms with Gasteiger partial charge in [0, 0.05) is 19.2 Å². The quantitative estimate of drug-likeness (QED) is 0.236. The highest BCUT2D eigenvalue weighted by Crippen LogP contribution is 2.19. The normalized spacial score (nSPS) is 14.8. The highest BCUT2D eigenvalue weighted by Gasteiger charge is 2.21. The third-order valence-electron chi connectivity index (χ3n) is 4.45. The van der Waals surface area contributed by atoms with E-state index in [-0.39, 0.29) is 12.5 Å². The fourth-order valence-electron chi connectivity index (χ4n) is 2.98. The molecule has 3 N–H and O–H groups in total. The van der Waals surface area contributed by atoms with E-state index in [1.165, 1.54) is 6.33 Å². The largest absolute Gasteiger partial charge is 0.356 e. The highest BCUT2D eigenvalue weighted by molar-refractivity contribution is 5.80. The number of aromatic nitrogens is 2. The Kier molecular flexibility index (Phi) is 8.07. The van der Waals surface area contributed by atoms with E-state index in [4.69, 9.17) is 0 Å². The van der Waals surface area contributed by atoms with Crippen molar-refractivity contribution in [2.24, 2.45) is 5.92 Å². The second kappa shape index (κ2) is 10.5. The zero-order valence-electron chi connectivity index (χ0n) is 15.2. The van der Waals surface area contributed by atoms with Crippen molar-refractivity contribution in [1.82, 2.24) is 20.5 Å². The first kappa shape index (κ1) is 19.9. The summed E-state index contributed by atoms with van der Waals surface area (Å²) in [6.45, 7) is 3.98. The molecular formula is C17H28N6O3. The molecule has 0 unspecified atom stereocenters. The lowest BCUT2D eigenvalue weighted by atomic mass is 10.0. The van der Waals surface area contributed by atoms with Gasteiger partial charge in [0.15, 0.2) is 0 Å². The number of hydroxylamine groups is 2. The topological polar surface area (TPSA) is 111 Å². The van der Waals surface area contributed by atoms with Crippen LogP contribution in [0.3, 0.4) is 0 Å². The van der Waals surface area contributed by atoms with Crippen LogP contribution in [0, 0.1) is 5.92 Å². The Bertz CT molecular complexity index is 579. The van der Waals surface area contributed by atoms with Gasteiger partial charge in [0.25, 0.3) is 0 Å². The van der Waals surface area contributed by atoms with E-state index in [1.807, 2.05) is 0 Å². The molecule has 1 aliphatic rings. The molecule has 26 heavy (non-hydrogen) atoms. The molecule has 0 bridgehead atoms. The number of nitrogens with one attached hydrogen (secondary N) is 2. The minimum Gasteiger partial charge on any atom is -0.356 e. The average molecular weight is 364 g/mol. The third-order valence-corrected chi connectivity index (χ3v) is 4.45. The Labute approximate surface area is 153 Å². The van der Waals surface area contributed by atoms with E-state index in [9.17, 15) is 14.8 Å². The van der Waals surface area contributed by atoms with Crippen LogP contribution in [0.4, 0.5) is 11.6 Å². The van der Waals surface area contributed by atoms with Gasteiger partial charge in [-0.2, -0.15) is 0 Å². The maximum atomic E-state index is 12.4. The van der Waals surface area contributed by atoms with Crippen molar-refractivity contribution in [2.45, 2.75) is 45.4 Å². The Morgan fingerprint density at radius 1 is 1.38 bits per heavy atom. The van der Waals surface area contributed by atoms with Crippen LogP contribution < -0.4 is 15.8 Å². The van der Waals surface area contributed by atoms with E-state index >= 15 is 0 Å². The second-order valence-corrected chi connectivity index (χ2v) is 6.49. The van der Waals surface area contributed by atoms with E-state index in [2.05, 4.69) is 32.6 Å². The van der Waals surface area contributed by atoms with Crippen LogP contribution in [-0.2, 0) is 9.59 Å². The van der Waals surface area contributed by atoms with Crippen LogP contribution in [-0.4, -0.2) is 52.2 Å². The fourth-order valence-corrected chi connectivity index (χ4v) is 2.98. The molecule has 144 valence electrons.